The third-order valence-electron chi connectivity index (χ3n) is 4.59. The first-order chi connectivity index (χ1) is 13.4. The highest BCUT2D eigenvalue weighted by Crippen LogP contribution is 2.22. The third kappa shape index (κ3) is 5.58. The van der Waals surface area contributed by atoms with E-state index in [0.29, 0.717) is 6.54 Å². The van der Waals surface area contributed by atoms with E-state index >= 15 is 0 Å². The third-order valence-corrected chi connectivity index (χ3v) is 5.52. The minimum Gasteiger partial charge on any atom is -0.508 e. The summed E-state index contributed by atoms with van der Waals surface area (Å²) in [4.78, 5) is 0.0701. The van der Waals surface area contributed by atoms with Crippen LogP contribution in [-0.4, -0.2) is 13.5 Å². The minimum absolute atomic E-state index is 0.0701. The Bertz CT molecular complexity index is 1020. The number of hydrogen-bond acceptors (Lipinski definition) is 4. The van der Waals surface area contributed by atoms with Gasteiger partial charge in [-0.25, -0.2) is 13.6 Å². The summed E-state index contributed by atoms with van der Waals surface area (Å²) in [6.07, 6.45) is 2.95. The molecule has 0 saturated carbocycles. The molecule has 3 rings (SSSR count). The lowest BCUT2D eigenvalue weighted by molar-refractivity contribution is 0.468. The van der Waals surface area contributed by atoms with E-state index in [2.05, 4.69) is 17.4 Å². The number of phenols is 1. The van der Waals surface area contributed by atoms with Crippen LogP contribution >= 0.6 is 0 Å². The second-order valence-electron chi connectivity index (χ2n) is 6.73. The van der Waals surface area contributed by atoms with Crippen molar-refractivity contribution in [2.45, 2.75) is 30.7 Å². The number of phenolic OH excluding ortho intramolecular Hbond substituents is 1. The van der Waals surface area contributed by atoms with Crippen molar-refractivity contribution in [1.29, 1.82) is 0 Å². The van der Waals surface area contributed by atoms with Crippen molar-refractivity contribution in [1.82, 2.24) is 0 Å². The summed E-state index contributed by atoms with van der Waals surface area (Å²) >= 11 is 0. The van der Waals surface area contributed by atoms with E-state index in [0.717, 1.165) is 36.1 Å². The summed E-state index contributed by atoms with van der Waals surface area (Å²) in [5, 5.41) is 18.6. The molecule has 28 heavy (non-hydrogen) atoms. The predicted molar refractivity (Wildman–Crippen MR) is 112 cm³/mol. The van der Waals surface area contributed by atoms with Crippen molar-refractivity contribution in [3.63, 3.8) is 0 Å². The highest BCUT2D eigenvalue weighted by atomic mass is 32.2. The van der Waals surface area contributed by atoms with Crippen LogP contribution in [0.2, 0.25) is 0 Å². The zero-order valence-electron chi connectivity index (χ0n) is 15.5. The monoisotopic (exact) mass is 396 g/mol. The number of aromatic hydroxyl groups is 1. The molecular weight excluding hydrogens is 372 g/mol. The summed E-state index contributed by atoms with van der Waals surface area (Å²) in [6, 6.07) is 22.3. The van der Waals surface area contributed by atoms with Crippen molar-refractivity contribution in [3.05, 3.63) is 89.5 Å². The van der Waals surface area contributed by atoms with Gasteiger partial charge in [-0.2, -0.15) is 0 Å². The molecular formula is C22H24N2O3S. The molecule has 0 spiro atoms. The van der Waals surface area contributed by atoms with Crippen LogP contribution < -0.4 is 10.5 Å². The molecule has 0 heterocycles. The summed E-state index contributed by atoms with van der Waals surface area (Å²) < 4.78 is 22.6. The number of rotatable bonds is 8. The van der Waals surface area contributed by atoms with Crippen LogP contribution in [0.5, 0.6) is 5.75 Å². The van der Waals surface area contributed by atoms with Crippen molar-refractivity contribution in [2.24, 2.45) is 5.14 Å². The molecule has 0 aromatic heterocycles. The predicted octanol–water partition coefficient (Wildman–Crippen LogP) is 3.83. The standard InChI is InChI=1S/C22H24N2O3S/c23-28(26,27)21-13-11-20(12-14-21)24-16-19-10-9-18(15-22(19)25)8-4-7-17-5-2-1-3-6-17/h1-3,5-6,9-15,24-25H,4,7-8,16H2,(H2,23,26,27). The average Bonchev–Trinajstić information content (AvgIpc) is 2.68. The summed E-state index contributed by atoms with van der Waals surface area (Å²) in [6.45, 7) is 0.435. The fourth-order valence-corrected chi connectivity index (χ4v) is 3.53. The van der Waals surface area contributed by atoms with Crippen LogP contribution in [0, 0.1) is 0 Å². The number of nitrogens with one attached hydrogen (secondary N) is 1. The molecule has 3 aromatic carbocycles. The lowest BCUT2D eigenvalue weighted by Gasteiger charge is -2.10. The van der Waals surface area contributed by atoms with Crippen LogP contribution in [0.15, 0.2) is 77.7 Å². The van der Waals surface area contributed by atoms with Crippen LogP contribution in [0.3, 0.4) is 0 Å². The fourth-order valence-electron chi connectivity index (χ4n) is 3.02. The molecule has 0 saturated heterocycles. The van der Waals surface area contributed by atoms with Gasteiger partial charge in [0.05, 0.1) is 4.90 Å². The molecule has 0 aliphatic heterocycles. The quantitative estimate of drug-likeness (QED) is 0.540. The largest absolute Gasteiger partial charge is 0.508 e. The highest BCUT2D eigenvalue weighted by molar-refractivity contribution is 7.89. The minimum atomic E-state index is -3.69. The van der Waals surface area contributed by atoms with Crippen molar-refractivity contribution >= 4 is 15.7 Å². The first-order valence-electron chi connectivity index (χ1n) is 9.13. The molecule has 5 nitrogen and oxygen atoms in total. The van der Waals surface area contributed by atoms with Crippen LogP contribution in [-0.2, 0) is 29.4 Å². The SMILES string of the molecule is NS(=O)(=O)c1ccc(NCc2ccc(CCCc3ccccc3)cc2O)cc1. The lowest BCUT2D eigenvalue weighted by atomic mass is 10.0. The van der Waals surface area contributed by atoms with Gasteiger partial charge in [-0.05, 0) is 60.7 Å². The molecule has 0 aliphatic carbocycles. The molecule has 0 bridgehead atoms. The zero-order valence-corrected chi connectivity index (χ0v) is 16.3. The van der Waals surface area contributed by atoms with Crippen molar-refractivity contribution in [2.75, 3.05) is 5.32 Å². The Morgan fingerprint density at radius 2 is 1.54 bits per heavy atom. The molecule has 0 aliphatic rings. The van der Waals surface area contributed by atoms with Gasteiger partial charge in [-0.3, -0.25) is 0 Å². The van der Waals surface area contributed by atoms with E-state index < -0.39 is 10.0 Å². The average molecular weight is 397 g/mol. The van der Waals surface area contributed by atoms with Crippen LogP contribution in [0.25, 0.3) is 0 Å². The van der Waals surface area contributed by atoms with Gasteiger partial charge in [-0.15, -0.1) is 0 Å². The number of anilines is 1. The summed E-state index contributed by atoms with van der Waals surface area (Å²) in [7, 11) is -3.69. The van der Waals surface area contributed by atoms with E-state index in [1.165, 1.54) is 17.7 Å². The molecule has 6 heteroatoms. The van der Waals surface area contributed by atoms with E-state index in [1.807, 2.05) is 36.4 Å². The molecule has 146 valence electrons. The van der Waals surface area contributed by atoms with Gasteiger partial charge in [-0.1, -0.05) is 42.5 Å². The molecule has 0 amide bonds. The van der Waals surface area contributed by atoms with Gasteiger partial charge in [0.1, 0.15) is 5.75 Å². The Labute approximate surface area is 165 Å². The van der Waals surface area contributed by atoms with Gasteiger partial charge in [0.15, 0.2) is 0 Å². The van der Waals surface area contributed by atoms with Crippen molar-refractivity contribution in [3.8, 4) is 5.75 Å². The number of benzene rings is 3. The van der Waals surface area contributed by atoms with Gasteiger partial charge < -0.3 is 10.4 Å². The van der Waals surface area contributed by atoms with E-state index in [4.69, 9.17) is 5.14 Å². The maximum atomic E-state index is 11.3. The number of sulfonamides is 1. The Hall–Kier alpha value is -2.83. The molecule has 0 unspecified atom stereocenters. The molecule has 4 N–H and O–H groups in total. The molecule has 3 aromatic rings. The summed E-state index contributed by atoms with van der Waals surface area (Å²) in [5.74, 6) is 0.255. The normalized spacial score (nSPS) is 11.3. The topological polar surface area (TPSA) is 92.4 Å². The van der Waals surface area contributed by atoms with Gasteiger partial charge in [0.25, 0.3) is 0 Å². The lowest BCUT2D eigenvalue weighted by Crippen LogP contribution is -2.12. The summed E-state index contributed by atoms with van der Waals surface area (Å²) in [5.41, 5.74) is 3.96. The number of aryl methyl sites for hydroxylation is 2. The maximum Gasteiger partial charge on any atom is 0.238 e. The van der Waals surface area contributed by atoms with Crippen molar-refractivity contribution < 1.29 is 13.5 Å². The number of primary sulfonamides is 1. The maximum absolute atomic E-state index is 11.3. The van der Waals surface area contributed by atoms with Gasteiger partial charge >= 0.3 is 0 Å². The molecule has 0 fully saturated rings. The second-order valence-corrected chi connectivity index (χ2v) is 8.29. The van der Waals surface area contributed by atoms with E-state index in [1.54, 1.807) is 12.1 Å². The van der Waals surface area contributed by atoms with E-state index in [9.17, 15) is 13.5 Å². The Balaban J connectivity index is 1.54. The van der Waals surface area contributed by atoms with Gasteiger partial charge in [0.2, 0.25) is 10.0 Å². The number of hydrogen-bond donors (Lipinski definition) is 3. The Morgan fingerprint density at radius 1 is 0.857 bits per heavy atom. The Kier molecular flexibility index (Phi) is 6.34. The second kappa shape index (κ2) is 8.91. The molecule has 0 atom stereocenters. The smallest absolute Gasteiger partial charge is 0.238 e. The number of nitrogens with two attached hydrogens (primary N) is 1. The van der Waals surface area contributed by atoms with E-state index in [-0.39, 0.29) is 10.6 Å². The fraction of sp³-hybridized carbons (Fsp3) is 0.182. The van der Waals surface area contributed by atoms with Gasteiger partial charge in [0, 0.05) is 17.8 Å². The first kappa shape index (κ1) is 19.9. The first-order valence-corrected chi connectivity index (χ1v) is 10.7. The molecule has 0 radical (unpaired) electrons. The van der Waals surface area contributed by atoms with Crippen LogP contribution in [0.1, 0.15) is 23.1 Å². The Morgan fingerprint density at radius 3 is 2.18 bits per heavy atom. The zero-order chi connectivity index (χ0) is 20.0. The van der Waals surface area contributed by atoms with Crippen LogP contribution in [0.4, 0.5) is 5.69 Å². The highest BCUT2D eigenvalue weighted by Gasteiger charge is 2.07.